The normalized spacial score (nSPS) is 15.3. The minimum atomic E-state index is 0.175. The van der Waals surface area contributed by atoms with Crippen LogP contribution in [0.4, 0.5) is 5.69 Å². The molecule has 1 saturated heterocycles. The van der Waals surface area contributed by atoms with E-state index in [0.717, 1.165) is 31.1 Å². The van der Waals surface area contributed by atoms with Gasteiger partial charge in [-0.15, -0.1) is 11.3 Å². The van der Waals surface area contributed by atoms with Crippen LogP contribution in [-0.4, -0.2) is 37.0 Å². The molecular formula is C19H24N2OS. The van der Waals surface area contributed by atoms with Gasteiger partial charge in [0.25, 0.3) is 5.91 Å². The Morgan fingerprint density at radius 1 is 1.09 bits per heavy atom. The lowest BCUT2D eigenvalue weighted by molar-refractivity contribution is 0.0751. The van der Waals surface area contributed by atoms with Gasteiger partial charge in [0.05, 0.1) is 4.88 Å². The first kappa shape index (κ1) is 16.1. The van der Waals surface area contributed by atoms with E-state index in [2.05, 4.69) is 43.9 Å². The number of anilines is 1. The Kier molecular flexibility index (Phi) is 4.71. The summed E-state index contributed by atoms with van der Waals surface area (Å²) in [4.78, 5) is 17.7. The summed E-state index contributed by atoms with van der Waals surface area (Å²) in [5, 5.41) is 1.96. The van der Waals surface area contributed by atoms with Crippen LogP contribution < -0.4 is 4.90 Å². The Labute approximate surface area is 142 Å². The van der Waals surface area contributed by atoms with Crippen molar-refractivity contribution in [2.45, 2.75) is 26.7 Å². The highest BCUT2D eigenvalue weighted by atomic mass is 32.1. The van der Waals surface area contributed by atoms with Crippen molar-refractivity contribution < 1.29 is 4.79 Å². The quantitative estimate of drug-likeness (QED) is 0.845. The van der Waals surface area contributed by atoms with Crippen LogP contribution in [0.3, 0.4) is 0 Å². The number of thiophene rings is 1. The summed E-state index contributed by atoms with van der Waals surface area (Å²) in [6, 6.07) is 10.4. The monoisotopic (exact) mass is 328 g/mol. The van der Waals surface area contributed by atoms with Gasteiger partial charge in [0.2, 0.25) is 0 Å². The van der Waals surface area contributed by atoms with E-state index in [-0.39, 0.29) is 5.91 Å². The Balaban J connectivity index is 1.74. The average Bonchev–Trinajstić information content (AvgIpc) is 3.08. The van der Waals surface area contributed by atoms with Crippen LogP contribution in [0, 0.1) is 6.92 Å². The van der Waals surface area contributed by atoms with Crippen molar-refractivity contribution in [1.29, 1.82) is 0 Å². The molecule has 4 heteroatoms. The molecule has 0 atom stereocenters. The third-order valence-electron chi connectivity index (χ3n) is 4.51. The van der Waals surface area contributed by atoms with Crippen molar-refractivity contribution in [1.82, 2.24) is 4.90 Å². The maximum Gasteiger partial charge on any atom is 0.264 e. The van der Waals surface area contributed by atoms with Gasteiger partial charge in [-0.2, -0.15) is 0 Å². The number of carbonyl (C=O) groups excluding carboxylic acids is 1. The molecule has 2 aromatic rings. The summed E-state index contributed by atoms with van der Waals surface area (Å²) in [6.07, 6.45) is 0. The Morgan fingerprint density at radius 3 is 2.43 bits per heavy atom. The molecule has 1 amide bonds. The van der Waals surface area contributed by atoms with E-state index in [1.807, 2.05) is 22.4 Å². The molecule has 1 aliphatic heterocycles. The van der Waals surface area contributed by atoms with E-state index in [1.165, 1.54) is 28.2 Å². The van der Waals surface area contributed by atoms with Gasteiger partial charge in [0.1, 0.15) is 0 Å². The van der Waals surface area contributed by atoms with Crippen LogP contribution in [0.25, 0.3) is 0 Å². The lowest BCUT2D eigenvalue weighted by Gasteiger charge is -2.38. The second-order valence-electron chi connectivity index (χ2n) is 6.42. The molecule has 1 aromatic heterocycles. The number of piperazine rings is 1. The molecule has 0 saturated carbocycles. The van der Waals surface area contributed by atoms with E-state index >= 15 is 0 Å². The van der Waals surface area contributed by atoms with Crippen molar-refractivity contribution in [3.05, 3.63) is 51.7 Å². The minimum absolute atomic E-state index is 0.175. The summed E-state index contributed by atoms with van der Waals surface area (Å²) in [5.74, 6) is 0.684. The van der Waals surface area contributed by atoms with Crippen LogP contribution in [0.2, 0.25) is 0 Å². The molecule has 0 radical (unpaired) electrons. The number of nitrogens with zero attached hydrogens (tertiary/aromatic N) is 2. The largest absolute Gasteiger partial charge is 0.368 e. The van der Waals surface area contributed by atoms with Crippen LogP contribution in [-0.2, 0) is 0 Å². The Hall–Kier alpha value is -1.81. The summed E-state index contributed by atoms with van der Waals surface area (Å²) in [6.45, 7) is 10.1. The van der Waals surface area contributed by atoms with E-state index in [1.54, 1.807) is 0 Å². The molecule has 2 heterocycles. The predicted octanol–water partition coefficient (Wildman–Crippen LogP) is 4.14. The number of para-hydroxylation sites is 1. The van der Waals surface area contributed by atoms with Crippen molar-refractivity contribution in [3.8, 4) is 0 Å². The third-order valence-corrected chi connectivity index (χ3v) is 5.36. The predicted molar refractivity (Wildman–Crippen MR) is 97.7 cm³/mol. The SMILES string of the molecule is Cc1cccc(C(C)C)c1N1CCN(C(=O)c2cccs2)CC1. The topological polar surface area (TPSA) is 23.6 Å². The van der Waals surface area contributed by atoms with Gasteiger partial charge >= 0.3 is 0 Å². The molecule has 3 rings (SSSR count). The van der Waals surface area contributed by atoms with E-state index in [4.69, 9.17) is 0 Å². The summed E-state index contributed by atoms with van der Waals surface area (Å²) < 4.78 is 0. The zero-order valence-electron chi connectivity index (χ0n) is 14.1. The zero-order valence-corrected chi connectivity index (χ0v) is 14.9. The first-order valence-electron chi connectivity index (χ1n) is 8.25. The maximum absolute atomic E-state index is 12.5. The number of rotatable bonds is 3. The molecule has 0 unspecified atom stereocenters. The third kappa shape index (κ3) is 3.27. The van der Waals surface area contributed by atoms with E-state index < -0.39 is 0 Å². The number of aryl methyl sites for hydroxylation is 1. The molecule has 3 nitrogen and oxygen atoms in total. The van der Waals surface area contributed by atoms with Gasteiger partial charge in [-0.1, -0.05) is 38.1 Å². The molecule has 1 aliphatic rings. The highest BCUT2D eigenvalue weighted by Crippen LogP contribution is 2.31. The molecule has 0 spiro atoms. The van der Waals surface area contributed by atoms with E-state index in [0.29, 0.717) is 5.92 Å². The van der Waals surface area contributed by atoms with Gasteiger partial charge in [0.15, 0.2) is 0 Å². The molecule has 0 aliphatic carbocycles. The lowest BCUT2D eigenvalue weighted by Crippen LogP contribution is -2.49. The van der Waals surface area contributed by atoms with Gasteiger partial charge in [-0.05, 0) is 35.4 Å². The number of amides is 1. The Bertz CT molecular complexity index is 671. The van der Waals surface area contributed by atoms with Crippen LogP contribution >= 0.6 is 11.3 Å². The van der Waals surface area contributed by atoms with Crippen molar-refractivity contribution in [2.75, 3.05) is 31.1 Å². The van der Waals surface area contributed by atoms with Crippen LogP contribution in [0.5, 0.6) is 0 Å². The molecule has 1 aromatic carbocycles. The fourth-order valence-electron chi connectivity index (χ4n) is 3.27. The first-order valence-corrected chi connectivity index (χ1v) is 9.13. The number of benzene rings is 1. The maximum atomic E-state index is 12.5. The summed E-state index contributed by atoms with van der Waals surface area (Å²) in [7, 11) is 0. The zero-order chi connectivity index (χ0) is 16.4. The summed E-state index contributed by atoms with van der Waals surface area (Å²) >= 11 is 1.53. The standard InChI is InChI=1S/C19H24N2OS/c1-14(2)16-7-4-6-15(3)18(16)20-9-11-21(12-10-20)19(22)17-8-5-13-23-17/h4-8,13-14H,9-12H2,1-3H3. The second kappa shape index (κ2) is 6.75. The highest BCUT2D eigenvalue weighted by molar-refractivity contribution is 7.12. The molecular weight excluding hydrogens is 304 g/mol. The molecule has 1 fully saturated rings. The van der Waals surface area contributed by atoms with Gasteiger partial charge in [-0.3, -0.25) is 4.79 Å². The fourth-order valence-corrected chi connectivity index (χ4v) is 3.96. The van der Waals surface area contributed by atoms with Crippen molar-refractivity contribution >= 4 is 22.9 Å². The van der Waals surface area contributed by atoms with Crippen molar-refractivity contribution in [2.24, 2.45) is 0 Å². The van der Waals surface area contributed by atoms with Crippen LogP contribution in [0.15, 0.2) is 35.7 Å². The molecule has 122 valence electrons. The first-order chi connectivity index (χ1) is 11.1. The number of hydrogen-bond donors (Lipinski definition) is 0. The molecule has 23 heavy (non-hydrogen) atoms. The van der Waals surface area contributed by atoms with Crippen LogP contribution in [0.1, 0.15) is 40.6 Å². The van der Waals surface area contributed by atoms with Gasteiger partial charge in [-0.25, -0.2) is 0 Å². The highest BCUT2D eigenvalue weighted by Gasteiger charge is 2.25. The Morgan fingerprint density at radius 2 is 1.83 bits per heavy atom. The van der Waals surface area contributed by atoms with Gasteiger partial charge in [0, 0.05) is 31.9 Å². The molecule has 0 N–H and O–H groups in total. The smallest absolute Gasteiger partial charge is 0.264 e. The number of carbonyl (C=O) groups is 1. The molecule has 0 bridgehead atoms. The van der Waals surface area contributed by atoms with Crippen molar-refractivity contribution in [3.63, 3.8) is 0 Å². The lowest BCUT2D eigenvalue weighted by atomic mass is 9.97. The van der Waals surface area contributed by atoms with Gasteiger partial charge < -0.3 is 9.80 Å². The van der Waals surface area contributed by atoms with E-state index in [9.17, 15) is 4.79 Å². The average molecular weight is 328 g/mol. The fraction of sp³-hybridized carbons (Fsp3) is 0.421. The second-order valence-corrected chi connectivity index (χ2v) is 7.37. The summed E-state index contributed by atoms with van der Waals surface area (Å²) in [5.41, 5.74) is 4.10. The number of hydrogen-bond acceptors (Lipinski definition) is 3. The minimum Gasteiger partial charge on any atom is -0.368 e.